The first-order chi connectivity index (χ1) is 8.54. The van der Waals surface area contributed by atoms with Crippen molar-refractivity contribution in [2.24, 2.45) is 0 Å². The largest absolute Gasteiger partial charge is 0.440 e. The minimum atomic E-state index is -3.69. The van der Waals surface area contributed by atoms with Gasteiger partial charge < -0.3 is 4.42 Å². The molecule has 0 bridgehead atoms. The van der Waals surface area contributed by atoms with E-state index in [0.29, 0.717) is 6.29 Å². The lowest BCUT2D eigenvalue weighted by Gasteiger charge is -2.14. The van der Waals surface area contributed by atoms with Crippen molar-refractivity contribution in [3.05, 3.63) is 40.3 Å². The Labute approximate surface area is 109 Å². The van der Waals surface area contributed by atoms with Crippen molar-refractivity contribution in [2.45, 2.75) is 11.6 Å². The molecule has 0 amide bonds. The van der Waals surface area contributed by atoms with Crippen LogP contribution in [0.15, 0.2) is 38.5 Å². The molecule has 0 radical (unpaired) electrons. The summed E-state index contributed by atoms with van der Waals surface area (Å²) in [6.45, 7) is 0.267. The van der Waals surface area contributed by atoms with Gasteiger partial charge in [-0.3, -0.25) is 4.79 Å². The molecule has 7 heteroatoms. The standard InChI is InChI=1S/C11H11NO4S2/c1-12(6-9-4-5-17-8-9)18(14,15)11-3-2-10(7-13)16-11/h2-5,7-8H,6H2,1H3. The van der Waals surface area contributed by atoms with Crippen LogP contribution in [-0.4, -0.2) is 26.1 Å². The van der Waals surface area contributed by atoms with Gasteiger partial charge in [-0.25, -0.2) is 8.42 Å². The third-order valence-electron chi connectivity index (χ3n) is 2.37. The molecule has 2 rings (SSSR count). The molecule has 2 aromatic heterocycles. The third kappa shape index (κ3) is 2.53. The second-order valence-corrected chi connectivity index (χ2v) is 6.42. The number of thiophene rings is 1. The van der Waals surface area contributed by atoms with Crippen LogP contribution in [0.2, 0.25) is 0 Å². The maximum Gasteiger partial charge on any atom is 0.276 e. The van der Waals surface area contributed by atoms with Gasteiger partial charge in [0.15, 0.2) is 12.0 Å². The van der Waals surface area contributed by atoms with Gasteiger partial charge >= 0.3 is 0 Å². The average Bonchev–Trinajstić information content (AvgIpc) is 2.99. The van der Waals surface area contributed by atoms with Gasteiger partial charge in [0.1, 0.15) is 0 Å². The van der Waals surface area contributed by atoms with Gasteiger partial charge in [0.25, 0.3) is 10.0 Å². The molecule has 2 aromatic rings. The summed E-state index contributed by atoms with van der Waals surface area (Å²) in [6.07, 6.45) is 0.470. The van der Waals surface area contributed by atoms with Gasteiger partial charge in [-0.15, -0.1) is 0 Å². The Morgan fingerprint density at radius 3 is 2.72 bits per heavy atom. The van der Waals surface area contributed by atoms with Crippen LogP contribution in [-0.2, 0) is 16.6 Å². The summed E-state index contributed by atoms with van der Waals surface area (Å²) in [5.41, 5.74) is 0.910. The average molecular weight is 285 g/mol. The second kappa shape index (κ2) is 5.05. The highest BCUT2D eigenvalue weighted by atomic mass is 32.2. The predicted octanol–water partition coefficient (Wildman–Crippen LogP) is 1.97. The first kappa shape index (κ1) is 13.0. The quantitative estimate of drug-likeness (QED) is 0.788. The molecular weight excluding hydrogens is 274 g/mol. The van der Waals surface area contributed by atoms with Crippen LogP contribution in [0.3, 0.4) is 0 Å². The highest BCUT2D eigenvalue weighted by Crippen LogP contribution is 2.19. The fraction of sp³-hybridized carbons (Fsp3) is 0.182. The maximum atomic E-state index is 12.1. The molecular formula is C11H11NO4S2. The van der Waals surface area contributed by atoms with Gasteiger partial charge in [-0.1, -0.05) is 0 Å². The van der Waals surface area contributed by atoms with Gasteiger partial charge in [-0.2, -0.15) is 15.6 Å². The summed E-state index contributed by atoms with van der Waals surface area (Å²) in [5, 5.41) is 3.54. The number of nitrogens with zero attached hydrogens (tertiary/aromatic N) is 1. The Balaban J connectivity index is 2.22. The van der Waals surface area contributed by atoms with Crippen LogP contribution < -0.4 is 0 Å². The van der Waals surface area contributed by atoms with Gasteiger partial charge in [0, 0.05) is 13.6 Å². The molecule has 5 nitrogen and oxygen atoms in total. The van der Waals surface area contributed by atoms with Crippen LogP contribution in [0, 0.1) is 0 Å². The number of carbonyl (C=O) groups is 1. The number of rotatable bonds is 5. The number of carbonyl (C=O) groups excluding carboxylic acids is 1. The highest BCUT2D eigenvalue weighted by molar-refractivity contribution is 7.88. The smallest absolute Gasteiger partial charge is 0.276 e. The zero-order valence-corrected chi connectivity index (χ0v) is 11.2. The molecule has 0 aliphatic carbocycles. The van der Waals surface area contributed by atoms with Crippen LogP contribution >= 0.6 is 11.3 Å². The molecule has 0 N–H and O–H groups in total. The molecule has 0 saturated carbocycles. The van der Waals surface area contributed by atoms with Crippen LogP contribution in [0.4, 0.5) is 0 Å². The summed E-state index contributed by atoms with van der Waals surface area (Å²) in [7, 11) is -2.22. The lowest BCUT2D eigenvalue weighted by molar-refractivity contribution is 0.109. The van der Waals surface area contributed by atoms with Gasteiger partial charge in [0.2, 0.25) is 5.09 Å². The fourth-order valence-corrected chi connectivity index (χ4v) is 3.14. The summed E-state index contributed by atoms with van der Waals surface area (Å²) < 4.78 is 30.3. The Hall–Kier alpha value is -1.44. The summed E-state index contributed by atoms with van der Waals surface area (Å²) >= 11 is 1.50. The molecule has 0 atom stereocenters. The van der Waals surface area contributed by atoms with E-state index in [4.69, 9.17) is 4.42 Å². The Morgan fingerprint density at radius 1 is 1.39 bits per heavy atom. The number of hydrogen-bond acceptors (Lipinski definition) is 5. The number of aldehydes is 1. The van der Waals surface area contributed by atoms with Crippen molar-refractivity contribution in [3.63, 3.8) is 0 Å². The molecule has 0 unspecified atom stereocenters. The highest BCUT2D eigenvalue weighted by Gasteiger charge is 2.24. The minimum Gasteiger partial charge on any atom is -0.440 e. The van der Waals surface area contributed by atoms with E-state index >= 15 is 0 Å². The third-order valence-corrected chi connectivity index (χ3v) is 4.78. The number of hydrogen-bond donors (Lipinski definition) is 0. The SMILES string of the molecule is CN(Cc1ccsc1)S(=O)(=O)c1ccc(C=O)o1. The van der Waals surface area contributed by atoms with E-state index in [1.54, 1.807) is 0 Å². The fourth-order valence-electron chi connectivity index (χ4n) is 1.41. The van der Waals surface area contributed by atoms with Crippen LogP contribution in [0.1, 0.15) is 16.1 Å². The van der Waals surface area contributed by atoms with Crippen molar-refractivity contribution >= 4 is 27.6 Å². The molecule has 0 aliphatic rings. The first-order valence-corrected chi connectivity index (χ1v) is 7.45. The molecule has 0 spiro atoms. The molecule has 0 aromatic carbocycles. The predicted molar refractivity (Wildman–Crippen MR) is 67.1 cm³/mol. The summed E-state index contributed by atoms with van der Waals surface area (Å²) in [6, 6.07) is 4.47. The van der Waals surface area contributed by atoms with E-state index in [9.17, 15) is 13.2 Å². The van der Waals surface area contributed by atoms with E-state index in [1.165, 1.54) is 34.8 Å². The van der Waals surface area contributed by atoms with E-state index in [2.05, 4.69) is 0 Å². The Kier molecular flexibility index (Phi) is 3.65. The Bertz CT molecular complexity index is 628. The van der Waals surface area contributed by atoms with Crippen LogP contribution in [0.25, 0.3) is 0 Å². The normalized spacial score (nSPS) is 11.9. The number of sulfonamides is 1. The van der Waals surface area contributed by atoms with E-state index in [0.717, 1.165) is 5.56 Å². The lowest BCUT2D eigenvalue weighted by Crippen LogP contribution is -2.25. The molecule has 2 heterocycles. The van der Waals surface area contributed by atoms with Crippen LogP contribution in [0.5, 0.6) is 0 Å². The molecule has 96 valence electrons. The van der Waals surface area contributed by atoms with Crippen molar-refractivity contribution in [1.82, 2.24) is 4.31 Å². The summed E-state index contributed by atoms with van der Waals surface area (Å²) in [5.74, 6) is -0.00231. The molecule has 0 saturated heterocycles. The Morgan fingerprint density at radius 2 is 2.17 bits per heavy atom. The van der Waals surface area contributed by atoms with E-state index in [-0.39, 0.29) is 17.4 Å². The zero-order valence-electron chi connectivity index (χ0n) is 9.57. The zero-order chi connectivity index (χ0) is 13.2. The van der Waals surface area contributed by atoms with E-state index < -0.39 is 10.0 Å². The topological polar surface area (TPSA) is 67.6 Å². The van der Waals surface area contributed by atoms with Crippen molar-refractivity contribution in [3.8, 4) is 0 Å². The van der Waals surface area contributed by atoms with Crippen molar-refractivity contribution in [1.29, 1.82) is 0 Å². The lowest BCUT2D eigenvalue weighted by atomic mass is 10.3. The number of furan rings is 1. The van der Waals surface area contributed by atoms with Gasteiger partial charge in [0.05, 0.1) is 0 Å². The first-order valence-electron chi connectivity index (χ1n) is 5.06. The second-order valence-electron chi connectivity index (χ2n) is 3.67. The van der Waals surface area contributed by atoms with E-state index in [1.807, 2.05) is 16.8 Å². The minimum absolute atomic E-state index is 0.00231. The summed E-state index contributed by atoms with van der Waals surface area (Å²) in [4.78, 5) is 10.5. The maximum absolute atomic E-state index is 12.1. The van der Waals surface area contributed by atoms with Crippen molar-refractivity contribution in [2.75, 3.05) is 7.05 Å². The van der Waals surface area contributed by atoms with Gasteiger partial charge in [-0.05, 0) is 34.5 Å². The molecule has 0 fully saturated rings. The monoisotopic (exact) mass is 285 g/mol. The molecule has 0 aliphatic heterocycles. The molecule has 18 heavy (non-hydrogen) atoms. The van der Waals surface area contributed by atoms with Crippen molar-refractivity contribution < 1.29 is 17.6 Å².